The zero-order chi connectivity index (χ0) is 13.6. The zero-order valence-corrected chi connectivity index (χ0v) is 9.98. The van der Waals surface area contributed by atoms with Crippen molar-refractivity contribution in [2.24, 2.45) is 5.92 Å². The Kier molecular flexibility index (Phi) is 5.43. The minimum Gasteiger partial charge on any atom is -0.273 e. The molecule has 0 saturated heterocycles. The van der Waals surface area contributed by atoms with E-state index >= 15 is 0 Å². The Hall–Kier alpha value is -1.27. The monoisotopic (exact) mass is 266 g/mol. The van der Waals surface area contributed by atoms with Gasteiger partial charge in [0.1, 0.15) is 0 Å². The summed E-state index contributed by atoms with van der Waals surface area (Å²) < 4.78 is 35.5. The second kappa shape index (κ2) is 6.61. The smallest absolute Gasteiger partial charge is 0.273 e. The van der Waals surface area contributed by atoms with Crippen LogP contribution in [0.4, 0.5) is 13.2 Å². The number of alkyl halides is 3. The number of carbonyl (C=O) groups is 2. The van der Waals surface area contributed by atoms with E-state index < -0.39 is 24.9 Å². The van der Waals surface area contributed by atoms with Crippen molar-refractivity contribution >= 4 is 11.8 Å². The summed E-state index contributed by atoms with van der Waals surface area (Å²) in [7, 11) is 0. The molecule has 0 heterocycles. The fourth-order valence-electron chi connectivity index (χ4n) is 1.92. The van der Waals surface area contributed by atoms with E-state index in [0.717, 1.165) is 32.1 Å². The van der Waals surface area contributed by atoms with Crippen molar-refractivity contribution in [2.75, 3.05) is 0 Å². The van der Waals surface area contributed by atoms with Crippen LogP contribution >= 0.6 is 0 Å². The lowest BCUT2D eigenvalue weighted by molar-refractivity contribution is -0.145. The first-order chi connectivity index (χ1) is 8.38. The molecule has 104 valence electrons. The van der Waals surface area contributed by atoms with Gasteiger partial charge in [0.25, 0.3) is 0 Å². The molecule has 2 N–H and O–H groups in total. The van der Waals surface area contributed by atoms with Crippen molar-refractivity contribution in [3.8, 4) is 0 Å². The molecule has 18 heavy (non-hydrogen) atoms. The first kappa shape index (κ1) is 14.8. The Balaban J connectivity index is 2.19. The molecule has 0 spiro atoms. The fraction of sp³-hybridized carbons (Fsp3) is 0.818. The Morgan fingerprint density at radius 2 is 1.67 bits per heavy atom. The first-order valence-electron chi connectivity index (χ1n) is 6.04. The molecule has 0 aromatic heterocycles. The highest BCUT2D eigenvalue weighted by atomic mass is 19.4. The lowest BCUT2D eigenvalue weighted by Crippen LogP contribution is -2.45. The molecule has 7 heteroatoms. The number of hydrazine groups is 1. The van der Waals surface area contributed by atoms with E-state index in [1.165, 1.54) is 0 Å². The van der Waals surface area contributed by atoms with Crippen molar-refractivity contribution in [1.82, 2.24) is 10.9 Å². The standard InChI is InChI=1S/C11H17F3N2O2/c12-11(13,14)7-6-9(17)15-16-10(18)8-4-2-1-3-5-8/h8H,1-7H2,(H,15,17)(H,16,18). The van der Waals surface area contributed by atoms with E-state index in [4.69, 9.17) is 0 Å². The van der Waals surface area contributed by atoms with Gasteiger partial charge in [-0.2, -0.15) is 13.2 Å². The van der Waals surface area contributed by atoms with E-state index in [0.29, 0.717) is 0 Å². The molecule has 1 saturated carbocycles. The molecule has 0 unspecified atom stereocenters. The van der Waals surface area contributed by atoms with Gasteiger partial charge in [0, 0.05) is 12.3 Å². The number of hydrogen-bond acceptors (Lipinski definition) is 2. The summed E-state index contributed by atoms with van der Waals surface area (Å²) >= 11 is 0. The molecule has 1 rings (SSSR count). The summed E-state index contributed by atoms with van der Waals surface area (Å²) in [5.74, 6) is -1.27. The van der Waals surface area contributed by atoms with E-state index in [1.807, 2.05) is 5.43 Å². The molecule has 1 aliphatic carbocycles. The quantitative estimate of drug-likeness (QED) is 0.768. The number of nitrogens with one attached hydrogen (secondary N) is 2. The minimum absolute atomic E-state index is 0.137. The van der Waals surface area contributed by atoms with Gasteiger partial charge in [-0.3, -0.25) is 20.4 Å². The summed E-state index contributed by atoms with van der Waals surface area (Å²) in [6, 6.07) is 0. The number of amides is 2. The maximum atomic E-state index is 11.8. The third-order valence-corrected chi connectivity index (χ3v) is 2.94. The van der Waals surface area contributed by atoms with Crippen LogP contribution in [-0.2, 0) is 9.59 Å². The molecule has 0 bridgehead atoms. The lowest BCUT2D eigenvalue weighted by Gasteiger charge is -2.20. The Morgan fingerprint density at radius 1 is 1.06 bits per heavy atom. The fourth-order valence-corrected chi connectivity index (χ4v) is 1.92. The lowest BCUT2D eigenvalue weighted by atomic mass is 9.89. The maximum Gasteiger partial charge on any atom is 0.389 e. The van der Waals surface area contributed by atoms with Crippen LogP contribution in [0.2, 0.25) is 0 Å². The molecule has 0 radical (unpaired) electrons. The molecule has 0 atom stereocenters. The van der Waals surface area contributed by atoms with Gasteiger partial charge < -0.3 is 0 Å². The predicted octanol–water partition coefficient (Wildman–Crippen LogP) is 2.06. The molecule has 1 aliphatic rings. The Morgan fingerprint density at radius 3 is 2.22 bits per heavy atom. The van der Waals surface area contributed by atoms with Gasteiger partial charge in [0.2, 0.25) is 11.8 Å². The highest BCUT2D eigenvalue weighted by Crippen LogP contribution is 2.23. The third-order valence-electron chi connectivity index (χ3n) is 2.94. The Labute approximate surface area is 103 Å². The summed E-state index contributed by atoms with van der Waals surface area (Å²) in [6.45, 7) is 0. The average molecular weight is 266 g/mol. The van der Waals surface area contributed by atoms with Gasteiger partial charge in [-0.25, -0.2) is 0 Å². The number of carbonyl (C=O) groups excluding carboxylic acids is 2. The van der Waals surface area contributed by atoms with Gasteiger partial charge in [0.15, 0.2) is 0 Å². The normalized spacial score (nSPS) is 17.3. The number of rotatable bonds is 3. The molecule has 2 amide bonds. The van der Waals surface area contributed by atoms with Crippen LogP contribution in [0.1, 0.15) is 44.9 Å². The van der Waals surface area contributed by atoms with Crippen LogP contribution in [0.15, 0.2) is 0 Å². The highest BCUT2D eigenvalue weighted by molar-refractivity contribution is 5.83. The van der Waals surface area contributed by atoms with Crippen LogP contribution in [0.5, 0.6) is 0 Å². The van der Waals surface area contributed by atoms with Gasteiger partial charge in [-0.1, -0.05) is 19.3 Å². The van der Waals surface area contributed by atoms with Crippen molar-refractivity contribution < 1.29 is 22.8 Å². The summed E-state index contributed by atoms with van der Waals surface area (Å²) in [4.78, 5) is 22.6. The topological polar surface area (TPSA) is 58.2 Å². The third kappa shape index (κ3) is 5.88. The van der Waals surface area contributed by atoms with Gasteiger partial charge in [0.05, 0.1) is 6.42 Å². The summed E-state index contributed by atoms with van der Waals surface area (Å²) in [5.41, 5.74) is 4.20. The summed E-state index contributed by atoms with van der Waals surface area (Å²) in [6.07, 6.45) is -1.63. The van der Waals surface area contributed by atoms with Gasteiger partial charge in [-0.15, -0.1) is 0 Å². The van der Waals surface area contributed by atoms with E-state index in [9.17, 15) is 22.8 Å². The number of hydrogen-bond donors (Lipinski definition) is 2. The second-order valence-corrected chi connectivity index (χ2v) is 4.49. The predicted molar refractivity (Wildman–Crippen MR) is 58.1 cm³/mol. The average Bonchev–Trinajstić information content (AvgIpc) is 2.33. The summed E-state index contributed by atoms with van der Waals surface area (Å²) in [5, 5.41) is 0. The number of halogens is 3. The minimum atomic E-state index is -4.36. The molecule has 4 nitrogen and oxygen atoms in total. The zero-order valence-electron chi connectivity index (χ0n) is 9.98. The largest absolute Gasteiger partial charge is 0.389 e. The Bertz CT molecular complexity index is 299. The molecule has 0 aromatic carbocycles. The molecule has 1 fully saturated rings. The van der Waals surface area contributed by atoms with Gasteiger partial charge >= 0.3 is 6.18 Å². The van der Waals surface area contributed by atoms with E-state index in [-0.39, 0.29) is 11.8 Å². The van der Waals surface area contributed by atoms with Crippen LogP contribution in [0.3, 0.4) is 0 Å². The van der Waals surface area contributed by atoms with Crippen LogP contribution in [0.25, 0.3) is 0 Å². The second-order valence-electron chi connectivity index (χ2n) is 4.49. The van der Waals surface area contributed by atoms with Crippen LogP contribution in [-0.4, -0.2) is 18.0 Å². The van der Waals surface area contributed by atoms with Crippen molar-refractivity contribution in [3.63, 3.8) is 0 Å². The SMILES string of the molecule is O=C(CCC(F)(F)F)NNC(=O)C1CCCCC1. The van der Waals surface area contributed by atoms with Crippen molar-refractivity contribution in [2.45, 2.75) is 51.1 Å². The highest BCUT2D eigenvalue weighted by Gasteiger charge is 2.28. The van der Waals surface area contributed by atoms with Crippen molar-refractivity contribution in [3.05, 3.63) is 0 Å². The van der Waals surface area contributed by atoms with Crippen LogP contribution in [0, 0.1) is 5.92 Å². The molecular weight excluding hydrogens is 249 g/mol. The molecular formula is C11H17F3N2O2. The molecule has 0 aliphatic heterocycles. The van der Waals surface area contributed by atoms with Gasteiger partial charge in [-0.05, 0) is 12.8 Å². The van der Waals surface area contributed by atoms with Crippen molar-refractivity contribution in [1.29, 1.82) is 0 Å². The first-order valence-corrected chi connectivity index (χ1v) is 6.04. The van der Waals surface area contributed by atoms with E-state index in [1.54, 1.807) is 0 Å². The van der Waals surface area contributed by atoms with E-state index in [2.05, 4.69) is 5.43 Å². The maximum absolute atomic E-state index is 11.8. The van der Waals surface area contributed by atoms with Crippen LogP contribution < -0.4 is 10.9 Å². The molecule has 0 aromatic rings.